The number of hydrogen-bond donors (Lipinski definition) is 1. The van der Waals surface area contributed by atoms with Gasteiger partial charge in [-0.2, -0.15) is 0 Å². The summed E-state index contributed by atoms with van der Waals surface area (Å²) in [6.45, 7) is 0. The van der Waals surface area contributed by atoms with Crippen LogP contribution in [0.1, 0.15) is 11.6 Å². The van der Waals surface area contributed by atoms with Gasteiger partial charge in [0, 0.05) is 16.3 Å². The average Bonchev–Trinajstić information content (AvgIpc) is 2.47. The Hall–Kier alpha value is -1.61. The lowest BCUT2D eigenvalue weighted by atomic mass is 10.1. The highest BCUT2D eigenvalue weighted by Crippen LogP contribution is 2.38. The van der Waals surface area contributed by atoms with Gasteiger partial charge in [-0.1, -0.05) is 24.3 Å². The number of hydrogen-bond acceptors (Lipinski definition) is 3. The van der Waals surface area contributed by atoms with E-state index in [0.29, 0.717) is 6.04 Å². The first-order chi connectivity index (χ1) is 8.86. The fourth-order valence-electron chi connectivity index (χ4n) is 2.13. The Morgan fingerprint density at radius 3 is 2.67 bits per heavy atom. The molecular formula is C15H15NOS. The molecule has 0 radical (unpaired) electrons. The van der Waals surface area contributed by atoms with E-state index in [-0.39, 0.29) is 0 Å². The average molecular weight is 257 g/mol. The van der Waals surface area contributed by atoms with Crippen molar-refractivity contribution in [3.8, 4) is 5.75 Å². The second-order valence-electron chi connectivity index (χ2n) is 4.28. The molecule has 2 aromatic carbocycles. The minimum atomic E-state index is 0.371. The molecule has 92 valence electrons. The Morgan fingerprint density at radius 1 is 1.11 bits per heavy atom. The number of fused-ring (bicyclic) bond motifs is 1. The van der Waals surface area contributed by atoms with E-state index in [1.165, 1.54) is 16.1 Å². The van der Waals surface area contributed by atoms with Crippen LogP contribution in [0.2, 0.25) is 0 Å². The fourth-order valence-corrected chi connectivity index (χ4v) is 3.21. The molecule has 2 nitrogen and oxygen atoms in total. The zero-order valence-corrected chi connectivity index (χ0v) is 11.0. The third kappa shape index (κ3) is 2.18. The first-order valence-corrected chi connectivity index (χ1v) is 6.98. The van der Waals surface area contributed by atoms with Crippen LogP contribution < -0.4 is 10.1 Å². The highest BCUT2D eigenvalue weighted by Gasteiger charge is 2.19. The third-order valence-corrected chi connectivity index (χ3v) is 4.31. The Bertz CT molecular complexity index is 538. The summed E-state index contributed by atoms with van der Waals surface area (Å²) in [5.41, 5.74) is 2.53. The summed E-state index contributed by atoms with van der Waals surface area (Å²) < 4.78 is 5.19. The van der Waals surface area contributed by atoms with E-state index in [0.717, 1.165) is 11.5 Å². The van der Waals surface area contributed by atoms with Crippen LogP contribution >= 0.6 is 11.8 Å². The van der Waals surface area contributed by atoms with Gasteiger partial charge in [0.15, 0.2) is 0 Å². The zero-order valence-electron chi connectivity index (χ0n) is 10.2. The van der Waals surface area contributed by atoms with Gasteiger partial charge in [-0.05, 0) is 29.8 Å². The summed E-state index contributed by atoms with van der Waals surface area (Å²) in [5, 5.41) is 3.59. The highest BCUT2D eigenvalue weighted by molar-refractivity contribution is 7.99. The molecule has 1 aliphatic heterocycles. The minimum absolute atomic E-state index is 0.371. The summed E-state index contributed by atoms with van der Waals surface area (Å²) >= 11 is 1.91. The van der Waals surface area contributed by atoms with E-state index in [2.05, 4.69) is 41.7 Å². The number of ether oxygens (including phenoxy) is 1. The molecule has 0 bridgehead atoms. The number of para-hydroxylation sites is 1. The van der Waals surface area contributed by atoms with Crippen molar-refractivity contribution in [2.75, 3.05) is 18.2 Å². The first kappa shape index (κ1) is 11.5. The van der Waals surface area contributed by atoms with Gasteiger partial charge in [0.2, 0.25) is 0 Å². The molecule has 18 heavy (non-hydrogen) atoms. The molecule has 0 spiro atoms. The van der Waals surface area contributed by atoms with E-state index in [1.807, 2.05) is 23.9 Å². The van der Waals surface area contributed by atoms with Crippen LogP contribution in [0.25, 0.3) is 0 Å². The van der Waals surface area contributed by atoms with Gasteiger partial charge in [-0.3, -0.25) is 0 Å². The second-order valence-corrected chi connectivity index (χ2v) is 5.34. The number of thioether (sulfide) groups is 1. The predicted molar refractivity (Wildman–Crippen MR) is 76.5 cm³/mol. The maximum atomic E-state index is 5.19. The van der Waals surface area contributed by atoms with Crippen molar-refractivity contribution in [3.63, 3.8) is 0 Å². The Kier molecular flexibility index (Phi) is 3.15. The SMILES string of the molecule is COc1ccc(C2CSc3ccccc3N2)cc1. The second kappa shape index (κ2) is 4.94. The monoisotopic (exact) mass is 257 g/mol. The molecule has 3 heteroatoms. The molecule has 0 aromatic heterocycles. The molecule has 0 saturated carbocycles. The number of nitrogens with one attached hydrogen (secondary N) is 1. The fraction of sp³-hybridized carbons (Fsp3) is 0.200. The van der Waals surface area contributed by atoms with Crippen molar-refractivity contribution in [1.29, 1.82) is 0 Å². The van der Waals surface area contributed by atoms with E-state index < -0.39 is 0 Å². The van der Waals surface area contributed by atoms with Crippen molar-refractivity contribution < 1.29 is 4.74 Å². The van der Waals surface area contributed by atoms with Crippen LogP contribution in [0.4, 0.5) is 5.69 Å². The minimum Gasteiger partial charge on any atom is -0.497 e. The van der Waals surface area contributed by atoms with E-state index in [4.69, 9.17) is 4.74 Å². The smallest absolute Gasteiger partial charge is 0.118 e. The predicted octanol–water partition coefficient (Wildman–Crippen LogP) is 3.95. The number of benzene rings is 2. The Labute approximate surface area is 111 Å². The van der Waals surface area contributed by atoms with Crippen molar-refractivity contribution in [1.82, 2.24) is 0 Å². The Balaban J connectivity index is 1.82. The lowest BCUT2D eigenvalue weighted by molar-refractivity contribution is 0.414. The molecular weight excluding hydrogens is 242 g/mol. The molecule has 0 amide bonds. The summed E-state index contributed by atoms with van der Waals surface area (Å²) in [4.78, 5) is 1.34. The maximum absolute atomic E-state index is 5.19. The molecule has 1 unspecified atom stereocenters. The molecule has 1 atom stereocenters. The van der Waals surface area contributed by atoms with Crippen LogP contribution in [0.5, 0.6) is 5.75 Å². The van der Waals surface area contributed by atoms with Crippen LogP contribution in [0.3, 0.4) is 0 Å². The van der Waals surface area contributed by atoms with Crippen LogP contribution in [-0.4, -0.2) is 12.9 Å². The van der Waals surface area contributed by atoms with Gasteiger partial charge in [-0.15, -0.1) is 11.8 Å². The van der Waals surface area contributed by atoms with Crippen LogP contribution in [0, 0.1) is 0 Å². The zero-order chi connectivity index (χ0) is 12.4. The summed E-state index contributed by atoms with van der Waals surface area (Å²) in [6.07, 6.45) is 0. The standard InChI is InChI=1S/C15H15NOS/c1-17-12-8-6-11(7-9-12)14-10-18-15-5-3-2-4-13(15)16-14/h2-9,14,16H,10H2,1H3. The van der Waals surface area contributed by atoms with E-state index >= 15 is 0 Å². The molecule has 1 aliphatic rings. The largest absolute Gasteiger partial charge is 0.497 e. The molecule has 2 aromatic rings. The third-order valence-electron chi connectivity index (χ3n) is 3.14. The van der Waals surface area contributed by atoms with Crippen molar-refractivity contribution >= 4 is 17.4 Å². The lowest BCUT2D eigenvalue weighted by Gasteiger charge is -2.26. The van der Waals surface area contributed by atoms with Crippen LogP contribution in [-0.2, 0) is 0 Å². The van der Waals surface area contributed by atoms with Gasteiger partial charge < -0.3 is 10.1 Å². The van der Waals surface area contributed by atoms with Gasteiger partial charge in [0.05, 0.1) is 13.2 Å². The molecule has 3 rings (SSSR count). The van der Waals surface area contributed by atoms with Crippen molar-refractivity contribution in [3.05, 3.63) is 54.1 Å². The maximum Gasteiger partial charge on any atom is 0.118 e. The Morgan fingerprint density at radius 2 is 1.89 bits per heavy atom. The van der Waals surface area contributed by atoms with Gasteiger partial charge in [0.1, 0.15) is 5.75 Å². The molecule has 0 aliphatic carbocycles. The number of methoxy groups -OCH3 is 1. The molecule has 0 saturated heterocycles. The molecule has 0 fully saturated rings. The summed E-state index contributed by atoms with van der Waals surface area (Å²) in [5.74, 6) is 1.96. The summed E-state index contributed by atoms with van der Waals surface area (Å²) in [7, 11) is 1.69. The van der Waals surface area contributed by atoms with Gasteiger partial charge in [0.25, 0.3) is 0 Å². The quantitative estimate of drug-likeness (QED) is 0.880. The van der Waals surface area contributed by atoms with Crippen LogP contribution in [0.15, 0.2) is 53.4 Å². The normalized spacial score (nSPS) is 17.7. The number of anilines is 1. The van der Waals surface area contributed by atoms with E-state index in [1.54, 1.807) is 7.11 Å². The highest BCUT2D eigenvalue weighted by atomic mass is 32.2. The van der Waals surface area contributed by atoms with Gasteiger partial charge >= 0.3 is 0 Å². The topological polar surface area (TPSA) is 21.3 Å². The first-order valence-electron chi connectivity index (χ1n) is 5.99. The summed E-state index contributed by atoms with van der Waals surface area (Å²) in [6, 6.07) is 17.1. The van der Waals surface area contributed by atoms with Crippen molar-refractivity contribution in [2.24, 2.45) is 0 Å². The molecule has 1 N–H and O–H groups in total. The molecule has 1 heterocycles. The van der Waals surface area contributed by atoms with Crippen molar-refractivity contribution in [2.45, 2.75) is 10.9 Å². The van der Waals surface area contributed by atoms with E-state index in [9.17, 15) is 0 Å². The van der Waals surface area contributed by atoms with Gasteiger partial charge in [-0.25, -0.2) is 0 Å². The lowest BCUT2D eigenvalue weighted by Crippen LogP contribution is -2.17. The number of rotatable bonds is 2.